The monoisotopic (exact) mass is 411 g/mol. The normalized spacial score (nSPS) is 14.4. The van der Waals surface area contributed by atoms with Crippen LogP contribution in [-0.2, 0) is 6.42 Å². The predicted molar refractivity (Wildman–Crippen MR) is 116 cm³/mol. The van der Waals surface area contributed by atoms with Gasteiger partial charge in [0.15, 0.2) is 0 Å². The average Bonchev–Trinajstić information content (AvgIpc) is 3.23. The van der Waals surface area contributed by atoms with Gasteiger partial charge in [0.2, 0.25) is 0 Å². The van der Waals surface area contributed by atoms with Crippen LogP contribution in [0.2, 0.25) is 5.02 Å². The Morgan fingerprint density at radius 2 is 1.86 bits per heavy atom. The summed E-state index contributed by atoms with van der Waals surface area (Å²) in [5.74, 6) is 0.0878. The highest BCUT2D eigenvalue weighted by Crippen LogP contribution is 2.24. The highest BCUT2D eigenvalue weighted by Gasteiger charge is 2.22. The molecule has 1 aliphatic rings. The molecule has 4 nitrogen and oxygen atoms in total. The van der Waals surface area contributed by atoms with Gasteiger partial charge in [0.1, 0.15) is 0 Å². The van der Waals surface area contributed by atoms with Crippen molar-refractivity contribution >= 4 is 34.5 Å². The first-order valence-electron chi connectivity index (χ1n) is 9.48. The number of amides is 1. The number of thiazole rings is 1. The van der Waals surface area contributed by atoms with Gasteiger partial charge in [0.25, 0.3) is 5.91 Å². The molecule has 1 aliphatic heterocycles. The molecule has 2 heterocycles. The zero-order valence-electron chi connectivity index (χ0n) is 15.8. The number of carbonyl (C=O) groups is 1. The van der Waals surface area contributed by atoms with Gasteiger partial charge in [-0.25, -0.2) is 4.98 Å². The summed E-state index contributed by atoms with van der Waals surface area (Å²) in [6, 6.07) is 15.7. The lowest BCUT2D eigenvalue weighted by atomic mass is 10.1. The molecule has 0 N–H and O–H groups in total. The second kappa shape index (κ2) is 8.33. The van der Waals surface area contributed by atoms with Gasteiger partial charge in [0, 0.05) is 53.4 Å². The molecule has 0 spiro atoms. The summed E-state index contributed by atoms with van der Waals surface area (Å²) in [5, 5.41) is 3.94. The molecule has 0 atom stereocenters. The molecule has 1 amide bonds. The third-order valence-corrected chi connectivity index (χ3v) is 6.25. The Labute approximate surface area is 174 Å². The van der Waals surface area contributed by atoms with E-state index < -0.39 is 0 Å². The van der Waals surface area contributed by atoms with Crippen LogP contribution in [-0.4, -0.2) is 42.0 Å². The van der Waals surface area contributed by atoms with Gasteiger partial charge in [-0.2, -0.15) is 0 Å². The van der Waals surface area contributed by atoms with Gasteiger partial charge in [0.05, 0.1) is 10.7 Å². The lowest BCUT2D eigenvalue weighted by Crippen LogP contribution is -2.48. The minimum absolute atomic E-state index is 0.0878. The lowest BCUT2D eigenvalue weighted by Gasteiger charge is -2.36. The molecular weight excluding hydrogens is 390 g/mol. The minimum atomic E-state index is 0.0878. The van der Waals surface area contributed by atoms with Crippen LogP contribution in [0.5, 0.6) is 0 Å². The quantitative estimate of drug-likeness (QED) is 0.606. The van der Waals surface area contributed by atoms with Crippen LogP contribution in [0.3, 0.4) is 0 Å². The Morgan fingerprint density at radius 1 is 1.11 bits per heavy atom. The molecule has 0 saturated carbocycles. The molecule has 2 aromatic carbocycles. The van der Waals surface area contributed by atoms with E-state index in [-0.39, 0.29) is 5.91 Å². The molecule has 3 aromatic rings. The summed E-state index contributed by atoms with van der Waals surface area (Å²) in [7, 11) is 0. The molecule has 6 heteroatoms. The number of aryl methyl sites for hydroxylation is 1. The number of piperazine rings is 1. The molecule has 1 fully saturated rings. The average molecular weight is 412 g/mol. The van der Waals surface area contributed by atoms with E-state index in [9.17, 15) is 4.79 Å². The fourth-order valence-corrected chi connectivity index (χ4v) is 4.35. The van der Waals surface area contributed by atoms with Crippen molar-refractivity contribution in [2.45, 2.75) is 13.3 Å². The SMILES string of the molecule is CCc1nc(-c2ccc(C(=O)N3CCN(c4cccc(Cl)c4)CC3)cc2)cs1. The fraction of sp³-hybridized carbons (Fsp3) is 0.273. The number of hydrogen-bond donors (Lipinski definition) is 0. The summed E-state index contributed by atoms with van der Waals surface area (Å²) >= 11 is 7.77. The topological polar surface area (TPSA) is 36.4 Å². The highest BCUT2D eigenvalue weighted by atomic mass is 35.5. The first-order valence-corrected chi connectivity index (χ1v) is 10.7. The lowest BCUT2D eigenvalue weighted by molar-refractivity contribution is 0.0747. The smallest absolute Gasteiger partial charge is 0.253 e. The molecule has 144 valence electrons. The Kier molecular flexibility index (Phi) is 5.64. The molecule has 28 heavy (non-hydrogen) atoms. The molecule has 0 bridgehead atoms. The number of halogens is 1. The molecule has 0 radical (unpaired) electrons. The molecular formula is C22H22ClN3OS. The maximum Gasteiger partial charge on any atom is 0.253 e. The number of hydrogen-bond acceptors (Lipinski definition) is 4. The predicted octanol–water partition coefficient (Wildman–Crippen LogP) is 4.99. The zero-order valence-corrected chi connectivity index (χ0v) is 17.3. The van der Waals surface area contributed by atoms with Crippen molar-refractivity contribution < 1.29 is 4.79 Å². The standard InChI is InChI=1S/C22H22ClN3OS/c1-2-21-24-20(15-28-21)16-6-8-17(9-7-16)22(27)26-12-10-25(11-13-26)19-5-3-4-18(23)14-19/h3-9,14-15H,2,10-13H2,1H3. The van der Waals surface area contributed by atoms with E-state index in [0.29, 0.717) is 13.1 Å². The second-order valence-corrected chi connectivity index (χ2v) is 8.20. The Bertz CT molecular complexity index is 962. The van der Waals surface area contributed by atoms with Gasteiger partial charge in [-0.05, 0) is 36.8 Å². The Morgan fingerprint density at radius 3 is 2.50 bits per heavy atom. The van der Waals surface area contributed by atoms with Crippen molar-refractivity contribution in [2.24, 2.45) is 0 Å². The van der Waals surface area contributed by atoms with Crippen molar-refractivity contribution in [3.05, 3.63) is 69.5 Å². The van der Waals surface area contributed by atoms with Gasteiger partial charge in [-0.1, -0.05) is 36.7 Å². The molecule has 0 unspecified atom stereocenters. The van der Waals surface area contributed by atoms with E-state index in [0.717, 1.165) is 52.0 Å². The second-order valence-electron chi connectivity index (χ2n) is 6.82. The number of anilines is 1. The van der Waals surface area contributed by atoms with Crippen molar-refractivity contribution in [1.29, 1.82) is 0 Å². The third-order valence-electron chi connectivity index (χ3n) is 5.02. The van der Waals surface area contributed by atoms with E-state index in [1.54, 1.807) is 11.3 Å². The summed E-state index contributed by atoms with van der Waals surface area (Å²) in [4.78, 5) is 21.7. The number of nitrogens with zero attached hydrogens (tertiary/aromatic N) is 3. The largest absolute Gasteiger partial charge is 0.368 e. The van der Waals surface area contributed by atoms with Crippen LogP contribution in [0.4, 0.5) is 5.69 Å². The number of rotatable bonds is 4. The van der Waals surface area contributed by atoms with E-state index in [4.69, 9.17) is 11.6 Å². The third kappa shape index (κ3) is 4.05. The first-order chi connectivity index (χ1) is 13.6. The van der Waals surface area contributed by atoms with Crippen molar-refractivity contribution in [1.82, 2.24) is 9.88 Å². The summed E-state index contributed by atoms with van der Waals surface area (Å²) < 4.78 is 0. The van der Waals surface area contributed by atoms with E-state index in [1.807, 2.05) is 47.4 Å². The summed E-state index contributed by atoms with van der Waals surface area (Å²) in [5.41, 5.74) is 3.87. The van der Waals surface area contributed by atoms with Crippen LogP contribution in [0.1, 0.15) is 22.3 Å². The van der Waals surface area contributed by atoms with Crippen LogP contribution >= 0.6 is 22.9 Å². The minimum Gasteiger partial charge on any atom is -0.368 e. The van der Waals surface area contributed by atoms with E-state index in [2.05, 4.69) is 28.3 Å². The number of aromatic nitrogens is 1. The number of carbonyl (C=O) groups excluding carboxylic acids is 1. The van der Waals surface area contributed by atoms with Crippen molar-refractivity contribution in [2.75, 3.05) is 31.1 Å². The van der Waals surface area contributed by atoms with Crippen LogP contribution in [0.15, 0.2) is 53.9 Å². The highest BCUT2D eigenvalue weighted by molar-refractivity contribution is 7.09. The summed E-state index contributed by atoms with van der Waals surface area (Å²) in [6.45, 7) is 5.14. The van der Waals surface area contributed by atoms with Crippen LogP contribution in [0.25, 0.3) is 11.3 Å². The maximum atomic E-state index is 12.9. The van der Waals surface area contributed by atoms with Gasteiger partial charge < -0.3 is 9.80 Å². The Hall–Kier alpha value is -2.37. The van der Waals surface area contributed by atoms with Gasteiger partial charge >= 0.3 is 0 Å². The molecule has 4 rings (SSSR count). The molecule has 1 saturated heterocycles. The fourth-order valence-electron chi connectivity index (χ4n) is 3.41. The van der Waals surface area contributed by atoms with Crippen LogP contribution < -0.4 is 4.90 Å². The van der Waals surface area contributed by atoms with Gasteiger partial charge in [-0.15, -0.1) is 11.3 Å². The van der Waals surface area contributed by atoms with Crippen molar-refractivity contribution in [3.63, 3.8) is 0 Å². The molecule has 1 aromatic heterocycles. The zero-order chi connectivity index (χ0) is 19.5. The maximum absolute atomic E-state index is 12.9. The Balaban J connectivity index is 1.40. The first kappa shape index (κ1) is 19.0. The molecule has 0 aliphatic carbocycles. The van der Waals surface area contributed by atoms with Crippen LogP contribution in [0, 0.1) is 0 Å². The summed E-state index contributed by atoms with van der Waals surface area (Å²) in [6.07, 6.45) is 0.947. The number of benzene rings is 2. The van der Waals surface area contributed by atoms with E-state index in [1.165, 1.54) is 0 Å². The van der Waals surface area contributed by atoms with Crippen molar-refractivity contribution in [3.8, 4) is 11.3 Å². The van der Waals surface area contributed by atoms with E-state index >= 15 is 0 Å². The van der Waals surface area contributed by atoms with Gasteiger partial charge in [-0.3, -0.25) is 4.79 Å².